The molecule has 3 heterocycles. The van der Waals surface area contributed by atoms with Crippen LogP contribution in [0.3, 0.4) is 0 Å². The summed E-state index contributed by atoms with van der Waals surface area (Å²) in [5, 5.41) is 11.1. The molecule has 0 amide bonds. The number of nitrogens with zero attached hydrogens (tertiary/aromatic N) is 5. The zero-order valence-electron chi connectivity index (χ0n) is 32.8. The lowest BCUT2D eigenvalue weighted by atomic mass is 9.87. The maximum Gasteiger partial charge on any atom is 0.188 e. The minimum absolute atomic E-state index is 0.608. The van der Waals surface area contributed by atoms with Crippen LogP contribution in [0.5, 0.6) is 0 Å². The van der Waals surface area contributed by atoms with Crippen LogP contribution in [-0.4, -0.2) is 19.5 Å². The Labute approximate surface area is 351 Å². The van der Waals surface area contributed by atoms with Gasteiger partial charge in [-0.05, 0) is 102 Å². The van der Waals surface area contributed by atoms with Gasteiger partial charge in [-0.3, -0.25) is 4.98 Å². The van der Waals surface area contributed by atoms with E-state index in [2.05, 4.69) is 178 Å². The average Bonchev–Trinajstić information content (AvgIpc) is 3.65. The molecule has 0 fully saturated rings. The van der Waals surface area contributed by atoms with Crippen molar-refractivity contribution >= 4 is 70.6 Å². The summed E-state index contributed by atoms with van der Waals surface area (Å²) in [6, 6.07) is 66.1. The minimum Gasteiger partial charge on any atom is -0.308 e. The fourth-order valence-electron chi connectivity index (χ4n) is 9.41. The summed E-state index contributed by atoms with van der Waals surface area (Å²) in [6.07, 6.45) is 3.68. The van der Waals surface area contributed by atoms with E-state index in [9.17, 15) is 0 Å². The van der Waals surface area contributed by atoms with Gasteiger partial charge in [0.1, 0.15) is 0 Å². The van der Waals surface area contributed by atoms with Gasteiger partial charge < -0.3 is 4.57 Å². The van der Waals surface area contributed by atoms with Gasteiger partial charge in [0.25, 0.3) is 0 Å². The maximum absolute atomic E-state index is 7.84. The number of aromatic nitrogens is 4. The summed E-state index contributed by atoms with van der Waals surface area (Å²) in [5.74, 6) is 0.675. The maximum atomic E-state index is 7.84. The van der Waals surface area contributed by atoms with Crippen molar-refractivity contribution in [3.63, 3.8) is 0 Å². The van der Waals surface area contributed by atoms with Crippen LogP contribution in [0.2, 0.25) is 0 Å². The molecule has 9 aromatic carbocycles. The molecule has 61 heavy (non-hydrogen) atoms. The molecule has 0 aliphatic carbocycles. The van der Waals surface area contributed by atoms with Gasteiger partial charge in [0.2, 0.25) is 0 Å². The highest BCUT2D eigenvalue weighted by Crippen LogP contribution is 2.46. The Hall–Kier alpha value is -8.46. The second-order valence-electron chi connectivity index (χ2n) is 15.4. The third kappa shape index (κ3) is 5.51. The first kappa shape index (κ1) is 34.6. The highest BCUT2D eigenvalue weighted by Gasteiger charge is 2.22. The number of fused-ring (bicyclic) bond motifs is 7. The summed E-state index contributed by atoms with van der Waals surface area (Å²) in [6.45, 7) is 7.84. The lowest BCUT2D eigenvalue weighted by Gasteiger charge is -2.18. The molecule has 0 saturated heterocycles. The van der Waals surface area contributed by atoms with Gasteiger partial charge in [-0.25, -0.2) is 14.8 Å². The van der Waals surface area contributed by atoms with Crippen molar-refractivity contribution in [1.29, 1.82) is 0 Å². The predicted octanol–water partition coefficient (Wildman–Crippen LogP) is 14.8. The van der Waals surface area contributed by atoms with Crippen molar-refractivity contribution in [2.24, 2.45) is 0 Å². The van der Waals surface area contributed by atoms with Crippen LogP contribution in [0, 0.1) is 6.57 Å². The summed E-state index contributed by atoms with van der Waals surface area (Å²) >= 11 is 0. The minimum atomic E-state index is 0.608. The smallest absolute Gasteiger partial charge is 0.188 e. The molecule has 0 saturated carbocycles. The van der Waals surface area contributed by atoms with Gasteiger partial charge in [-0.2, -0.15) is 0 Å². The molecule has 0 N–H and O–H groups in total. The zero-order chi connectivity index (χ0) is 40.4. The first-order valence-corrected chi connectivity index (χ1v) is 20.4. The van der Waals surface area contributed by atoms with Crippen molar-refractivity contribution in [3.8, 4) is 50.7 Å². The van der Waals surface area contributed by atoms with E-state index in [0.717, 1.165) is 110 Å². The Kier molecular flexibility index (Phi) is 7.84. The molecule has 5 heteroatoms. The first-order valence-electron chi connectivity index (χ1n) is 20.4. The highest BCUT2D eigenvalue weighted by atomic mass is 15.0. The normalized spacial score (nSPS) is 11.6. The van der Waals surface area contributed by atoms with E-state index in [1.807, 2.05) is 30.5 Å². The molecule has 0 bridgehead atoms. The molecule has 5 nitrogen and oxygen atoms in total. The second-order valence-corrected chi connectivity index (χ2v) is 15.4. The summed E-state index contributed by atoms with van der Waals surface area (Å²) in [5.41, 5.74) is 10.8. The SMILES string of the molecule is [C-]#[N+]c1ccc2c(c1)c1cc(-c3c4ccccc4c(-c4nc(-c5cccc6ccccc56)cc(-c5cccc6ccccc56)n4)c4ccccc34)ccc1n2-c1cccnc1. The van der Waals surface area contributed by atoms with E-state index in [0.29, 0.717) is 11.5 Å². The standard InChI is InChI=1S/C56H33N5/c1-57-38-27-29-53-49(32-38)48-31-37(26-28-52(48)61(53)39-17-12-30-58-34-39)54-44-20-6-8-22-46(44)55(47-23-9-7-21-45(47)54)56-59-50(42-24-10-15-35-13-2-4-18-40(35)42)33-51(60-56)43-25-11-16-36-14-3-5-19-41(36)43/h2-34H. The molecule has 0 aliphatic rings. The van der Waals surface area contributed by atoms with Gasteiger partial charge in [0, 0.05) is 28.3 Å². The third-order valence-electron chi connectivity index (χ3n) is 12.1. The molecular weight excluding hydrogens is 743 g/mol. The van der Waals surface area contributed by atoms with Crippen molar-refractivity contribution < 1.29 is 0 Å². The van der Waals surface area contributed by atoms with Crippen molar-refractivity contribution in [2.75, 3.05) is 0 Å². The van der Waals surface area contributed by atoms with Crippen LogP contribution < -0.4 is 0 Å². The van der Waals surface area contributed by atoms with Crippen molar-refractivity contribution in [3.05, 3.63) is 212 Å². The Morgan fingerprint density at radius 1 is 0.426 bits per heavy atom. The van der Waals surface area contributed by atoms with Gasteiger partial charge in [0.15, 0.2) is 11.5 Å². The molecule has 3 aromatic heterocycles. The van der Waals surface area contributed by atoms with E-state index < -0.39 is 0 Å². The molecule has 0 aliphatic heterocycles. The van der Waals surface area contributed by atoms with Crippen LogP contribution >= 0.6 is 0 Å². The van der Waals surface area contributed by atoms with Gasteiger partial charge in [0.05, 0.1) is 40.9 Å². The fraction of sp³-hybridized carbons (Fsp3) is 0. The predicted molar refractivity (Wildman–Crippen MR) is 252 cm³/mol. The highest BCUT2D eigenvalue weighted by molar-refractivity contribution is 6.22. The number of pyridine rings is 1. The second kappa shape index (κ2) is 13.8. The largest absolute Gasteiger partial charge is 0.308 e. The summed E-state index contributed by atoms with van der Waals surface area (Å²) < 4.78 is 2.24. The van der Waals surface area contributed by atoms with E-state index in [1.54, 1.807) is 6.20 Å². The summed E-state index contributed by atoms with van der Waals surface area (Å²) in [7, 11) is 0. The monoisotopic (exact) mass is 775 g/mol. The number of hydrogen-bond acceptors (Lipinski definition) is 3. The molecule has 0 unspecified atom stereocenters. The first-order chi connectivity index (χ1) is 30.2. The topological polar surface area (TPSA) is 48.0 Å². The van der Waals surface area contributed by atoms with Gasteiger partial charge >= 0.3 is 0 Å². The Morgan fingerprint density at radius 2 is 0.951 bits per heavy atom. The molecular formula is C56H33N5. The zero-order valence-corrected chi connectivity index (χ0v) is 32.8. The van der Waals surface area contributed by atoms with E-state index in [4.69, 9.17) is 16.5 Å². The molecule has 0 atom stereocenters. The molecule has 0 spiro atoms. The number of benzene rings is 9. The average molecular weight is 776 g/mol. The fourth-order valence-corrected chi connectivity index (χ4v) is 9.41. The quantitative estimate of drug-likeness (QED) is 0.129. The molecule has 0 radical (unpaired) electrons. The van der Waals surface area contributed by atoms with E-state index >= 15 is 0 Å². The van der Waals surface area contributed by atoms with E-state index in [-0.39, 0.29) is 0 Å². The van der Waals surface area contributed by atoms with Gasteiger partial charge in [-0.1, -0.05) is 146 Å². The number of rotatable bonds is 5. The lowest BCUT2D eigenvalue weighted by molar-refractivity contribution is 1.14. The van der Waals surface area contributed by atoms with E-state index in [1.165, 1.54) is 0 Å². The summed E-state index contributed by atoms with van der Waals surface area (Å²) in [4.78, 5) is 19.3. The Bertz CT molecular complexity index is 3620. The molecule has 282 valence electrons. The van der Waals surface area contributed by atoms with Crippen molar-refractivity contribution in [2.45, 2.75) is 0 Å². The Balaban J connectivity index is 1.15. The van der Waals surface area contributed by atoms with Crippen LogP contribution in [0.25, 0.3) is 120 Å². The van der Waals surface area contributed by atoms with Crippen LogP contribution in [0.4, 0.5) is 5.69 Å². The number of hydrogen-bond donors (Lipinski definition) is 0. The van der Waals surface area contributed by atoms with Crippen molar-refractivity contribution in [1.82, 2.24) is 19.5 Å². The van der Waals surface area contributed by atoms with Crippen LogP contribution in [0.1, 0.15) is 0 Å². The third-order valence-corrected chi connectivity index (χ3v) is 12.1. The molecule has 12 rings (SSSR count). The molecule has 12 aromatic rings. The lowest BCUT2D eigenvalue weighted by Crippen LogP contribution is -1.99. The van der Waals surface area contributed by atoms with Gasteiger partial charge in [-0.15, -0.1) is 0 Å². The van der Waals surface area contributed by atoms with Crippen LogP contribution in [0.15, 0.2) is 200 Å². The Morgan fingerprint density at radius 3 is 1.52 bits per heavy atom. The van der Waals surface area contributed by atoms with Crippen LogP contribution in [-0.2, 0) is 0 Å².